The zero-order valence-electron chi connectivity index (χ0n) is 21.6. The molecular weight excluding hydrogens is 546 g/mol. The molecule has 0 radical (unpaired) electrons. The van der Waals surface area contributed by atoms with E-state index in [1.807, 2.05) is 13.8 Å². The minimum Gasteiger partial charge on any atom is -0.497 e. The molecule has 0 saturated heterocycles. The van der Waals surface area contributed by atoms with Gasteiger partial charge in [-0.15, -0.1) is 0 Å². The fourth-order valence-corrected chi connectivity index (χ4v) is 7.19. The average Bonchev–Trinajstić information content (AvgIpc) is 3.37. The summed E-state index contributed by atoms with van der Waals surface area (Å²) in [6, 6.07) is 12.2. The van der Waals surface area contributed by atoms with E-state index < -0.39 is 17.5 Å². The molecule has 0 aliphatic carbocycles. The number of hydrogen-bond donors (Lipinski definition) is 0. The molecule has 1 amide bonds. The van der Waals surface area contributed by atoms with Crippen LogP contribution in [0.3, 0.4) is 0 Å². The maximum Gasteiger partial charge on any atom is 0.346 e. The first kappa shape index (κ1) is 27.7. The van der Waals surface area contributed by atoms with Crippen LogP contribution in [0.1, 0.15) is 29.8 Å². The number of amides is 1. The Labute approximate surface area is 234 Å². The van der Waals surface area contributed by atoms with Gasteiger partial charge in [0.2, 0.25) is 0 Å². The molecule has 0 unspecified atom stereocenters. The number of esters is 2. The maximum atomic E-state index is 13.9. The molecular formula is C27H25NO7S3. The van der Waals surface area contributed by atoms with Gasteiger partial charge in [0, 0.05) is 16.7 Å². The van der Waals surface area contributed by atoms with Crippen LogP contribution in [0.4, 0.5) is 5.69 Å². The monoisotopic (exact) mass is 571 g/mol. The molecule has 38 heavy (non-hydrogen) atoms. The molecule has 0 fully saturated rings. The van der Waals surface area contributed by atoms with Crippen molar-refractivity contribution in [3.8, 4) is 11.5 Å². The van der Waals surface area contributed by atoms with Gasteiger partial charge in [-0.3, -0.25) is 9.69 Å². The summed E-state index contributed by atoms with van der Waals surface area (Å²) in [6.45, 7) is 3.73. The second kappa shape index (κ2) is 10.8. The molecule has 0 bridgehead atoms. The summed E-state index contributed by atoms with van der Waals surface area (Å²) in [4.78, 5) is 41.3. The summed E-state index contributed by atoms with van der Waals surface area (Å²) in [5, 5.41) is 0. The minimum absolute atomic E-state index is 0.119. The lowest BCUT2D eigenvalue weighted by atomic mass is 9.82. The Morgan fingerprint density at radius 3 is 1.84 bits per heavy atom. The van der Waals surface area contributed by atoms with E-state index in [1.54, 1.807) is 61.6 Å². The van der Waals surface area contributed by atoms with E-state index in [9.17, 15) is 14.4 Å². The molecule has 2 aliphatic rings. The van der Waals surface area contributed by atoms with Crippen LogP contribution in [0.15, 0.2) is 56.5 Å². The van der Waals surface area contributed by atoms with Crippen molar-refractivity contribution in [2.75, 3.05) is 33.3 Å². The molecule has 2 aromatic carbocycles. The summed E-state index contributed by atoms with van der Waals surface area (Å²) >= 11 is 8.21. The third kappa shape index (κ3) is 4.70. The number of fused-ring (bicyclic) bond motifs is 1. The van der Waals surface area contributed by atoms with E-state index >= 15 is 0 Å². The molecule has 2 heterocycles. The molecule has 0 saturated carbocycles. The summed E-state index contributed by atoms with van der Waals surface area (Å²) in [5.74, 6) is -0.351. The topological polar surface area (TPSA) is 91.4 Å². The van der Waals surface area contributed by atoms with Crippen LogP contribution < -0.4 is 14.4 Å². The highest BCUT2D eigenvalue weighted by molar-refractivity contribution is 8.29. The number of ether oxygens (including phenoxy) is 4. The molecule has 8 nitrogen and oxygen atoms in total. The molecule has 0 atom stereocenters. The van der Waals surface area contributed by atoms with Gasteiger partial charge >= 0.3 is 11.9 Å². The van der Waals surface area contributed by atoms with Gasteiger partial charge in [-0.25, -0.2) is 9.59 Å². The SMILES string of the molecule is COC(=O)C1=C(C(=O)OC)SC(=C2C(=S)C(C)(C)N(C(=O)c3ccc(OC)cc3)c3ccc(OC)cc32)S1. The van der Waals surface area contributed by atoms with Gasteiger partial charge in [0.1, 0.15) is 21.3 Å². The van der Waals surface area contributed by atoms with Crippen molar-refractivity contribution in [2.24, 2.45) is 0 Å². The molecule has 0 N–H and O–H groups in total. The lowest BCUT2D eigenvalue weighted by Gasteiger charge is -2.45. The number of thiocarbonyl (C=S) groups is 1. The van der Waals surface area contributed by atoms with Crippen molar-refractivity contribution in [1.82, 2.24) is 0 Å². The van der Waals surface area contributed by atoms with Crippen LogP contribution >= 0.6 is 35.7 Å². The van der Waals surface area contributed by atoms with Crippen molar-refractivity contribution >= 4 is 69.7 Å². The van der Waals surface area contributed by atoms with Crippen LogP contribution in [-0.2, 0) is 19.1 Å². The first-order chi connectivity index (χ1) is 18.1. The van der Waals surface area contributed by atoms with Gasteiger partial charge in [0.25, 0.3) is 5.91 Å². The van der Waals surface area contributed by atoms with Crippen molar-refractivity contribution in [2.45, 2.75) is 19.4 Å². The Bertz CT molecular complexity index is 1380. The van der Waals surface area contributed by atoms with Crippen LogP contribution in [0, 0.1) is 0 Å². The third-order valence-corrected chi connectivity index (χ3v) is 9.40. The summed E-state index contributed by atoms with van der Waals surface area (Å²) in [6.07, 6.45) is 0. The van der Waals surface area contributed by atoms with E-state index in [1.165, 1.54) is 14.2 Å². The second-order valence-electron chi connectivity index (χ2n) is 8.65. The highest BCUT2D eigenvalue weighted by Crippen LogP contribution is 2.56. The van der Waals surface area contributed by atoms with Crippen molar-refractivity contribution in [1.29, 1.82) is 0 Å². The predicted molar refractivity (Wildman–Crippen MR) is 153 cm³/mol. The second-order valence-corrected chi connectivity index (χ2v) is 11.4. The molecule has 0 aromatic heterocycles. The Morgan fingerprint density at radius 2 is 1.34 bits per heavy atom. The highest BCUT2D eigenvalue weighted by atomic mass is 32.2. The van der Waals surface area contributed by atoms with E-state index in [-0.39, 0.29) is 15.7 Å². The zero-order chi connectivity index (χ0) is 27.8. The Morgan fingerprint density at radius 1 is 0.816 bits per heavy atom. The van der Waals surface area contributed by atoms with Crippen molar-refractivity contribution in [3.05, 3.63) is 67.6 Å². The first-order valence-corrected chi connectivity index (χ1v) is 13.4. The van der Waals surface area contributed by atoms with Crippen LogP contribution in [0.25, 0.3) is 5.57 Å². The number of anilines is 1. The van der Waals surface area contributed by atoms with Crippen LogP contribution in [0.2, 0.25) is 0 Å². The Balaban J connectivity index is 1.91. The highest BCUT2D eigenvalue weighted by Gasteiger charge is 2.46. The molecule has 198 valence electrons. The molecule has 11 heteroatoms. The van der Waals surface area contributed by atoms with Gasteiger partial charge in [0.05, 0.1) is 48.8 Å². The first-order valence-electron chi connectivity index (χ1n) is 11.3. The van der Waals surface area contributed by atoms with E-state index in [0.29, 0.717) is 43.0 Å². The molecule has 2 aromatic rings. The van der Waals surface area contributed by atoms with Crippen molar-refractivity contribution in [3.63, 3.8) is 0 Å². The fourth-order valence-electron chi connectivity index (χ4n) is 4.15. The predicted octanol–water partition coefficient (Wildman–Crippen LogP) is 5.22. The lowest BCUT2D eigenvalue weighted by molar-refractivity contribution is -0.138. The third-order valence-electron chi connectivity index (χ3n) is 6.14. The standard InChI is InChI=1S/C27H25NO7S3/c1-27(2)22(36)19(26-37-20(24(30)34-5)21(38-26)25(31)35-6)17-13-16(33-4)11-12-18(17)28(27)23(29)14-7-9-15(32-3)10-8-14/h7-13H,1-6H3. The zero-order valence-corrected chi connectivity index (χ0v) is 24.0. The fraction of sp³-hybridized carbons (Fsp3) is 0.259. The quantitative estimate of drug-likeness (QED) is 0.270. The number of nitrogens with zero attached hydrogens (tertiary/aromatic N) is 1. The molecule has 0 spiro atoms. The summed E-state index contributed by atoms with van der Waals surface area (Å²) in [7, 11) is 5.60. The van der Waals surface area contributed by atoms with Gasteiger partial charge in [-0.05, 0) is 56.3 Å². The Hall–Kier alpha value is -3.28. The van der Waals surface area contributed by atoms with Crippen LogP contribution in [-0.4, -0.2) is 56.7 Å². The van der Waals surface area contributed by atoms with E-state index in [0.717, 1.165) is 23.5 Å². The van der Waals surface area contributed by atoms with Crippen LogP contribution in [0.5, 0.6) is 11.5 Å². The largest absolute Gasteiger partial charge is 0.497 e. The summed E-state index contributed by atoms with van der Waals surface area (Å²) < 4.78 is 21.1. The Kier molecular flexibility index (Phi) is 7.91. The summed E-state index contributed by atoms with van der Waals surface area (Å²) in [5.41, 5.74) is 1.40. The normalized spacial score (nSPS) is 16.3. The molecule has 2 aliphatic heterocycles. The van der Waals surface area contributed by atoms with Gasteiger partial charge in [0.15, 0.2) is 0 Å². The van der Waals surface area contributed by atoms with Gasteiger partial charge in [-0.1, -0.05) is 35.7 Å². The number of methoxy groups -OCH3 is 4. The number of benzene rings is 2. The molecule has 4 rings (SSSR count). The maximum absolute atomic E-state index is 13.9. The average molecular weight is 572 g/mol. The number of carbonyl (C=O) groups is 3. The number of rotatable bonds is 5. The van der Waals surface area contributed by atoms with Gasteiger partial charge < -0.3 is 18.9 Å². The number of carbonyl (C=O) groups excluding carboxylic acids is 3. The smallest absolute Gasteiger partial charge is 0.346 e. The lowest BCUT2D eigenvalue weighted by Crippen LogP contribution is -2.56. The number of thioether (sulfide) groups is 2. The van der Waals surface area contributed by atoms with Gasteiger partial charge in [-0.2, -0.15) is 0 Å². The van der Waals surface area contributed by atoms with E-state index in [4.69, 9.17) is 31.2 Å². The van der Waals surface area contributed by atoms with E-state index in [2.05, 4.69) is 0 Å². The minimum atomic E-state index is -0.948. The van der Waals surface area contributed by atoms with Crippen molar-refractivity contribution < 1.29 is 33.3 Å². The number of hydrogen-bond acceptors (Lipinski definition) is 10.